The summed E-state index contributed by atoms with van der Waals surface area (Å²) < 4.78 is 5.81. The van der Waals surface area contributed by atoms with Crippen molar-refractivity contribution in [1.82, 2.24) is 4.90 Å². The summed E-state index contributed by atoms with van der Waals surface area (Å²) in [5, 5.41) is 0. The topological polar surface area (TPSA) is 49.9 Å². The van der Waals surface area contributed by atoms with E-state index >= 15 is 0 Å². The van der Waals surface area contributed by atoms with Gasteiger partial charge in [-0.1, -0.05) is 39.0 Å². The fourth-order valence-corrected chi connectivity index (χ4v) is 3.34. The second-order valence-corrected chi connectivity index (χ2v) is 8.40. The number of nitrogens with zero attached hydrogens (tertiary/aromatic N) is 2. The minimum absolute atomic E-state index is 0.0413. The van der Waals surface area contributed by atoms with Crippen molar-refractivity contribution in [3.63, 3.8) is 0 Å². The number of carbonyl (C=O) groups excluding carboxylic acids is 2. The fraction of sp³-hybridized carbons (Fsp3) is 0.391. The van der Waals surface area contributed by atoms with E-state index in [1.54, 1.807) is 9.80 Å². The van der Waals surface area contributed by atoms with E-state index in [9.17, 15) is 9.59 Å². The molecule has 1 saturated heterocycles. The molecular formula is C23H28N2O3. The van der Waals surface area contributed by atoms with E-state index in [1.165, 1.54) is 0 Å². The minimum atomic E-state index is -0.455. The Morgan fingerprint density at radius 1 is 1.00 bits per heavy atom. The van der Waals surface area contributed by atoms with Gasteiger partial charge in [-0.15, -0.1) is 0 Å². The van der Waals surface area contributed by atoms with E-state index < -0.39 is 6.04 Å². The average Bonchev–Trinajstić information content (AvgIpc) is 2.64. The molecule has 1 atom stereocenters. The molecule has 0 N–H and O–H groups in total. The van der Waals surface area contributed by atoms with Gasteiger partial charge in [-0.25, -0.2) is 0 Å². The van der Waals surface area contributed by atoms with Gasteiger partial charge in [0.1, 0.15) is 17.5 Å². The van der Waals surface area contributed by atoms with Crippen molar-refractivity contribution in [3.8, 4) is 11.5 Å². The number of anilines is 1. The molecule has 3 rings (SSSR count). The third-order valence-electron chi connectivity index (χ3n) is 4.78. The number of carbonyl (C=O) groups is 2. The van der Waals surface area contributed by atoms with Crippen LogP contribution in [0.5, 0.6) is 11.5 Å². The highest BCUT2D eigenvalue weighted by atomic mass is 16.5. The number of benzene rings is 2. The zero-order valence-corrected chi connectivity index (χ0v) is 17.0. The van der Waals surface area contributed by atoms with Crippen LogP contribution in [-0.4, -0.2) is 35.8 Å². The average molecular weight is 380 g/mol. The van der Waals surface area contributed by atoms with Gasteiger partial charge >= 0.3 is 0 Å². The molecule has 0 radical (unpaired) electrons. The molecule has 1 heterocycles. The van der Waals surface area contributed by atoms with Crippen molar-refractivity contribution >= 4 is 17.5 Å². The lowest BCUT2D eigenvalue weighted by Gasteiger charge is -2.40. The Balaban J connectivity index is 1.66. The van der Waals surface area contributed by atoms with E-state index in [0.29, 0.717) is 19.5 Å². The summed E-state index contributed by atoms with van der Waals surface area (Å²) in [5.41, 5.74) is 0.728. The van der Waals surface area contributed by atoms with Crippen molar-refractivity contribution in [3.05, 3.63) is 54.6 Å². The maximum atomic E-state index is 12.9. The molecule has 1 fully saturated rings. The largest absolute Gasteiger partial charge is 0.457 e. The molecule has 28 heavy (non-hydrogen) atoms. The molecule has 0 bridgehead atoms. The molecule has 0 aromatic heterocycles. The van der Waals surface area contributed by atoms with Gasteiger partial charge in [-0.3, -0.25) is 9.59 Å². The van der Waals surface area contributed by atoms with Crippen LogP contribution in [0.15, 0.2) is 54.6 Å². The molecule has 0 saturated carbocycles. The second-order valence-electron chi connectivity index (χ2n) is 8.40. The van der Waals surface area contributed by atoms with Crippen LogP contribution in [0.2, 0.25) is 0 Å². The molecule has 5 heteroatoms. The molecule has 2 aromatic carbocycles. The van der Waals surface area contributed by atoms with Crippen molar-refractivity contribution < 1.29 is 14.3 Å². The van der Waals surface area contributed by atoms with Gasteiger partial charge in [0.2, 0.25) is 11.8 Å². The first kappa shape index (κ1) is 19.9. The van der Waals surface area contributed by atoms with Crippen LogP contribution >= 0.6 is 0 Å². The van der Waals surface area contributed by atoms with Crippen LogP contribution in [0.1, 0.15) is 34.1 Å². The van der Waals surface area contributed by atoms with E-state index in [-0.39, 0.29) is 17.2 Å². The fourth-order valence-electron chi connectivity index (χ4n) is 3.34. The Morgan fingerprint density at radius 3 is 2.21 bits per heavy atom. The summed E-state index contributed by atoms with van der Waals surface area (Å²) in [6.45, 7) is 8.95. The summed E-state index contributed by atoms with van der Waals surface area (Å²) in [7, 11) is 0. The highest BCUT2D eigenvalue weighted by molar-refractivity contribution is 6.00. The smallest absolute Gasteiger partial charge is 0.249 e. The van der Waals surface area contributed by atoms with Crippen molar-refractivity contribution in [2.45, 2.75) is 40.2 Å². The van der Waals surface area contributed by atoms with Gasteiger partial charge in [0.25, 0.3) is 0 Å². The monoisotopic (exact) mass is 380 g/mol. The van der Waals surface area contributed by atoms with Crippen LogP contribution in [-0.2, 0) is 9.59 Å². The number of piperazine rings is 1. The van der Waals surface area contributed by atoms with E-state index in [2.05, 4.69) is 0 Å². The second kappa shape index (κ2) is 8.05. The van der Waals surface area contributed by atoms with Crippen molar-refractivity contribution in [2.24, 2.45) is 5.41 Å². The number of hydrogen-bond acceptors (Lipinski definition) is 3. The summed E-state index contributed by atoms with van der Waals surface area (Å²) in [6, 6.07) is 16.6. The molecule has 2 aromatic rings. The van der Waals surface area contributed by atoms with Gasteiger partial charge < -0.3 is 14.5 Å². The molecule has 1 aliphatic rings. The third kappa shape index (κ3) is 4.71. The molecule has 148 valence electrons. The summed E-state index contributed by atoms with van der Waals surface area (Å²) in [6.07, 6.45) is 0.441. The van der Waals surface area contributed by atoms with Crippen molar-refractivity contribution in [1.29, 1.82) is 0 Å². The first-order chi connectivity index (χ1) is 13.2. The number of hydrogen-bond donors (Lipinski definition) is 0. The van der Waals surface area contributed by atoms with Gasteiger partial charge in [-0.05, 0) is 48.7 Å². The molecule has 0 spiro atoms. The lowest BCUT2D eigenvalue weighted by molar-refractivity contribution is -0.142. The first-order valence-electron chi connectivity index (χ1n) is 9.68. The van der Waals surface area contributed by atoms with Gasteiger partial charge in [0, 0.05) is 25.2 Å². The Bertz CT molecular complexity index is 825. The SMILES string of the molecule is CC1C(=O)N(c2ccc(Oc3ccccc3)cc2)CCN1C(=O)CC(C)(C)C. The summed E-state index contributed by atoms with van der Waals surface area (Å²) in [4.78, 5) is 28.9. The van der Waals surface area contributed by atoms with E-state index in [4.69, 9.17) is 4.74 Å². The van der Waals surface area contributed by atoms with Gasteiger partial charge in [0.05, 0.1) is 0 Å². The molecule has 2 amide bonds. The lowest BCUT2D eigenvalue weighted by Crippen LogP contribution is -2.58. The zero-order valence-electron chi connectivity index (χ0n) is 17.0. The zero-order chi connectivity index (χ0) is 20.3. The van der Waals surface area contributed by atoms with Crippen molar-refractivity contribution in [2.75, 3.05) is 18.0 Å². The highest BCUT2D eigenvalue weighted by Crippen LogP contribution is 2.27. The molecular weight excluding hydrogens is 352 g/mol. The van der Waals surface area contributed by atoms with Crippen LogP contribution in [0.25, 0.3) is 0 Å². The number of ether oxygens (including phenoxy) is 1. The predicted octanol–water partition coefficient (Wildman–Crippen LogP) is 4.48. The number of rotatable bonds is 4. The standard InChI is InChI=1S/C23H28N2O3/c1-17-22(27)25(15-14-24(17)21(26)16-23(2,3)4)18-10-12-20(13-11-18)28-19-8-6-5-7-9-19/h5-13,17H,14-16H2,1-4H3. The highest BCUT2D eigenvalue weighted by Gasteiger charge is 2.35. The Kier molecular flexibility index (Phi) is 5.73. The maximum absolute atomic E-state index is 12.9. The van der Waals surface area contributed by atoms with Gasteiger partial charge in [0.15, 0.2) is 0 Å². The van der Waals surface area contributed by atoms with E-state index in [0.717, 1.165) is 17.2 Å². The van der Waals surface area contributed by atoms with E-state index in [1.807, 2.05) is 82.3 Å². The first-order valence-corrected chi connectivity index (χ1v) is 9.68. The molecule has 1 unspecified atom stereocenters. The quantitative estimate of drug-likeness (QED) is 0.786. The lowest BCUT2D eigenvalue weighted by atomic mass is 9.91. The third-order valence-corrected chi connectivity index (χ3v) is 4.78. The van der Waals surface area contributed by atoms with Gasteiger partial charge in [-0.2, -0.15) is 0 Å². The Morgan fingerprint density at radius 2 is 1.61 bits per heavy atom. The predicted molar refractivity (Wildman–Crippen MR) is 111 cm³/mol. The minimum Gasteiger partial charge on any atom is -0.457 e. The van der Waals surface area contributed by atoms with Crippen LogP contribution < -0.4 is 9.64 Å². The Labute approximate surface area is 166 Å². The Hall–Kier alpha value is -2.82. The van der Waals surface area contributed by atoms with Crippen LogP contribution in [0, 0.1) is 5.41 Å². The number of amides is 2. The van der Waals surface area contributed by atoms with Crippen LogP contribution in [0.3, 0.4) is 0 Å². The molecule has 1 aliphatic heterocycles. The normalized spacial score (nSPS) is 17.6. The number of para-hydroxylation sites is 1. The summed E-state index contributed by atoms with van der Waals surface area (Å²) >= 11 is 0. The summed E-state index contributed by atoms with van der Waals surface area (Å²) in [5.74, 6) is 1.48. The van der Waals surface area contributed by atoms with Crippen LogP contribution in [0.4, 0.5) is 5.69 Å². The maximum Gasteiger partial charge on any atom is 0.249 e. The molecule has 0 aliphatic carbocycles. The molecule has 5 nitrogen and oxygen atoms in total.